The quantitative estimate of drug-likeness (QED) is 0.461. The van der Waals surface area contributed by atoms with Crippen LogP contribution in [0.5, 0.6) is 0 Å². The fourth-order valence-electron chi connectivity index (χ4n) is 4.07. The van der Waals surface area contributed by atoms with E-state index in [0.717, 1.165) is 28.2 Å². The molecule has 1 fully saturated rings. The first-order chi connectivity index (χ1) is 17.5. The minimum atomic E-state index is -4.76. The number of aromatic nitrogens is 3. The van der Waals surface area contributed by atoms with Gasteiger partial charge in [0.1, 0.15) is 11.2 Å². The predicted octanol–water partition coefficient (Wildman–Crippen LogP) is 4.13. The highest BCUT2D eigenvalue weighted by Crippen LogP contribution is 2.38. The highest BCUT2D eigenvalue weighted by molar-refractivity contribution is 7.80. The van der Waals surface area contributed by atoms with E-state index in [0.29, 0.717) is 18.7 Å². The van der Waals surface area contributed by atoms with Gasteiger partial charge in [-0.3, -0.25) is 14.4 Å². The molecule has 0 atom stereocenters. The Morgan fingerprint density at radius 3 is 2.49 bits per heavy atom. The lowest BCUT2D eigenvalue weighted by Crippen LogP contribution is -2.43. The lowest BCUT2D eigenvalue weighted by Gasteiger charge is -2.29. The van der Waals surface area contributed by atoms with Crippen LogP contribution >= 0.6 is 12.2 Å². The molecule has 2 heterocycles. The summed E-state index contributed by atoms with van der Waals surface area (Å²) in [5.74, 6) is -0.466. The number of hydrogen-bond acceptors (Lipinski definition) is 6. The van der Waals surface area contributed by atoms with E-state index >= 15 is 0 Å². The van der Waals surface area contributed by atoms with Crippen molar-refractivity contribution in [3.05, 3.63) is 65.4 Å². The summed E-state index contributed by atoms with van der Waals surface area (Å²) < 4.78 is 42.2. The largest absolute Gasteiger partial charge is 0.417 e. The molecule has 1 aliphatic heterocycles. The number of halogens is 3. The van der Waals surface area contributed by atoms with Crippen LogP contribution in [0.2, 0.25) is 0 Å². The molecular weight excluding hydrogens is 505 g/mol. The number of aliphatic hydroxyl groups excluding tert-OH is 1. The molecule has 2 aromatic carbocycles. The summed E-state index contributed by atoms with van der Waals surface area (Å²) in [5, 5.41) is 26.3. The van der Waals surface area contributed by atoms with Crippen molar-refractivity contribution in [2.24, 2.45) is 0 Å². The summed E-state index contributed by atoms with van der Waals surface area (Å²) in [6.07, 6.45) is -2.40. The van der Waals surface area contributed by atoms with Crippen LogP contribution in [0.3, 0.4) is 0 Å². The number of aliphatic hydroxyl groups is 1. The zero-order valence-electron chi connectivity index (χ0n) is 20.0. The summed E-state index contributed by atoms with van der Waals surface area (Å²) >= 11 is 5.55. The zero-order valence-corrected chi connectivity index (χ0v) is 20.8. The second-order valence-corrected chi connectivity index (χ2v) is 9.41. The maximum atomic E-state index is 13.5. The van der Waals surface area contributed by atoms with Gasteiger partial charge in [0.15, 0.2) is 5.11 Å². The molecular formula is C25H23F3N6O2S. The molecule has 1 aliphatic rings. The van der Waals surface area contributed by atoms with Crippen molar-refractivity contribution in [1.29, 1.82) is 5.26 Å². The zero-order chi connectivity index (χ0) is 27.0. The third kappa shape index (κ3) is 5.05. The first-order valence-electron chi connectivity index (χ1n) is 11.3. The van der Waals surface area contributed by atoms with Crippen molar-refractivity contribution in [1.82, 2.24) is 19.9 Å². The number of amides is 1. The molecule has 4 rings (SSSR count). The second-order valence-electron chi connectivity index (χ2n) is 9.05. The number of benzene rings is 2. The van der Waals surface area contributed by atoms with Gasteiger partial charge in [-0.25, -0.2) is 0 Å². The van der Waals surface area contributed by atoms with Crippen LogP contribution < -0.4 is 4.90 Å². The third-order valence-electron chi connectivity index (χ3n) is 6.19. The molecule has 0 unspecified atom stereocenters. The van der Waals surface area contributed by atoms with Gasteiger partial charge in [-0.15, -0.1) is 5.10 Å². The van der Waals surface area contributed by atoms with Crippen LogP contribution in [0.1, 0.15) is 37.0 Å². The van der Waals surface area contributed by atoms with Crippen molar-refractivity contribution in [2.45, 2.75) is 45.1 Å². The Morgan fingerprint density at radius 1 is 1.16 bits per heavy atom. The van der Waals surface area contributed by atoms with Gasteiger partial charge in [0, 0.05) is 25.3 Å². The molecule has 0 bridgehead atoms. The Labute approximate surface area is 216 Å². The van der Waals surface area contributed by atoms with Crippen molar-refractivity contribution in [3.63, 3.8) is 0 Å². The molecule has 8 nitrogen and oxygen atoms in total. The smallest absolute Gasteiger partial charge is 0.396 e. The van der Waals surface area contributed by atoms with Crippen LogP contribution in [-0.2, 0) is 24.1 Å². The summed E-state index contributed by atoms with van der Waals surface area (Å²) in [6, 6.07) is 12.1. The van der Waals surface area contributed by atoms with E-state index < -0.39 is 28.7 Å². The van der Waals surface area contributed by atoms with Gasteiger partial charge in [-0.2, -0.15) is 18.4 Å². The minimum absolute atomic E-state index is 0.0449. The summed E-state index contributed by atoms with van der Waals surface area (Å²) in [7, 11) is 0. The molecule has 192 valence electrons. The van der Waals surface area contributed by atoms with Gasteiger partial charge in [-0.1, -0.05) is 29.5 Å². The monoisotopic (exact) mass is 528 g/mol. The van der Waals surface area contributed by atoms with Gasteiger partial charge >= 0.3 is 6.18 Å². The predicted molar refractivity (Wildman–Crippen MR) is 133 cm³/mol. The third-order valence-corrected chi connectivity index (χ3v) is 6.59. The van der Waals surface area contributed by atoms with Gasteiger partial charge in [0.2, 0.25) is 0 Å². The molecule has 0 aliphatic carbocycles. The van der Waals surface area contributed by atoms with E-state index in [2.05, 4.69) is 10.3 Å². The first-order valence-corrected chi connectivity index (χ1v) is 11.8. The van der Waals surface area contributed by atoms with Crippen LogP contribution in [0.4, 0.5) is 18.9 Å². The normalized spacial score (nSPS) is 15.4. The molecule has 1 aromatic heterocycles. The van der Waals surface area contributed by atoms with E-state index in [1.807, 2.05) is 24.3 Å². The Bertz CT molecular complexity index is 1380. The number of anilines is 1. The molecule has 37 heavy (non-hydrogen) atoms. The maximum Gasteiger partial charge on any atom is 0.417 e. The fourth-order valence-corrected chi connectivity index (χ4v) is 4.55. The topological polar surface area (TPSA) is 98.3 Å². The number of nitriles is 1. The van der Waals surface area contributed by atoms with E-state index in [-0.39, 0.29) is 24.0 Å². The van der Waals surface area contributed by atoms with E-state index in [1.54, 1.807) is 35.7 Å². The molecule has 12 heteroatoms. The molecule has 0 radical (unpaired) electrons. The molecule has 1 saturated heterocycles. The average Bonchev–Trinajstić information content (AvgIpc) is 3.40. The fraction of sp³-hybridized carbons (Fsp3) is 0.320. The van der Waals surface area contributed by atoms with E-state index in [4.69, 9.17) is 22.6 Å². The number of carbonyl (C=O) groups excluding carboxylic acids is 1. The van der Waals surface area contributed by atoms with Crippen molar-refractivity contribution < 1.29 is 23.1 Å². The van der Waals surface area contributed by atoms with Crippen LogP contribution in [0, 0.1) is 11.3 Å². The number of rotatable bonds is 7. The Balaban J connectivity index is 1.57. The van der Waals surface area contributed by atoms with Crippen molar-refractivity contribution in [2.75, 3.05) is 11.5 Å². The van der Waals surface area contributed by atoms with Crippen LogP contribution in [0.25, 0.3) is 11.3 Å². The van der Waals surface area contributed by atoms with Crippen molar-refractivity contribution >= 4 is 28.9 Å². The molecule has 1 N–H and O–H groups in total. The van der Waals surface area contributed by atoms with E-state index in [9.17, 15) is 18.0 Å². The average molecular weight is 529 g/mol. The van der Waals surface area contributed by atoms with Crippen molar-refractivity contribution in [3.8, 4) is 17.3 Å². The van der Waals surface area contributed by atoms with Gasteiger partial charge < -0.3 is 10.0 Å². The summed E-state index contributed by atoms with van der Waals surface area (Å²) in [5.41, 5.74) is -0.478. The van der Waals surface area contributed by atoms with Gasteiger partial charge in [0.05, 0.1) is 29.1 Å². The standard InChI is InChI=1S/C25H23F3N6O2S/c1-24(2)22(36)34(19-9-8-18(13-29)20(12-19)25(26,27)28)23(37)33(24)14-16-4-6-17(7-5-16)21-15-32(31-30-21)10-3-11-35/h4-9,12,15,35H,3,10-11,14H2,1-2H3. The highest BCUT2D eigenvalue weighted by atomic mass is 32.1. The van der Waals surface area contributed by atoms with Crippen LogP contribution in [-0.4, -0.2) is 48.2 Å². The minimum Gasteiger partial charge on any atom is -0.396 e. The number of carbonyl (C=O) groups is 1. The number of alkyl halides is 3. The lowest BCUT2D eigenvalue weighted by atomic mass is 10.0. The summed E-state index contributed by atoms with van der Waals surface area (Å²) in [6.45, 7) is 4.19. The maximum absolute atomic E-state index is 13.5. The number of thiocarbonyl (C=S) groups is 1. The van der Waals surface area contributed by atoms with E-state index in [1.165, 1.54) is 6.07 Å². The lowest BCUT2D eigenvalue weighted by molar-refractivity contribution is -0.137. The van der Waals surface area contributed by atoms with Gasteiger partial charge in [0.25, 0.3) is 5.91 Å². The summed E-state index contributed by atoms with van der Waals surface area (Å²) in [4.78, 5) is 16.0. The van der Waals surface area contributed by atoms with Crippen LogP contribution in [0.15, 0.2) is 48.7 Å². The number of nitrogens with zero attached hydrogens (tertiary/aromatic N) is 6. The molecule has 0 spiro atoms. The molecule has 1 amide bonds. The second kappa shape index (κ2) is 9.91. The Morgan fingerprint density at radius 2 is 1.86 bits per heavy atom. The molecule has 3 aromatic rings. The highest BCUT2D eigenvalue weighted by Gasteiger charge is 2.49. The Hall–Kier alpha value is -3.82. The molecule has 0 saturated carbocycles. The Kier molecular flexibility index (Phi) is 7.03. The number of aryl methyl sites for hydroxylation is 1. The number of hydrogen-bond donors (Lipinski definition) is 1. The SMILES string of the molecule is CC1(C)C(=O)N(c2ccc(C#N)c(C(F)(F)F)c2)C(=S)N1Cc1ccc(-c2cn(CCCO)nn2)cc1. The van der Waals surface area contributed by atoms with Gasteiger partial charge in [-0.05, 0) is 56.2 Å². The first kappa shape index (κ1) is 26.2.